The number of morpholine rings is 1. The van der Waals surface area contributed by atoms with E-state index in [0.29, 0.717) is 19.7 Å². The standard InChI is InChI=1S/C19H26N4O2/c1-12-7-5-6-8-16(12)17-9-23(13(2)11-25-17)10-18(24)20-19-14(3)21-22-15(19)4/h5-8,13,17H,9-11H2,1-4H3,(H,20,24)(H,21,22)/t13-,17-/m0/s1. The van der Waals surface area contributed by atoms with E-state index in [4.69, 9.17) is 4.74 Å². The van der Waals surface area contributed by atoms with Crippen molar-refractivity contribution in [2.24, 2.45) is 0 Å². The van der Waals surface area contributed by atoms with Crippen molar-refractivity contribution < 1.29 is 9.53 Å². The summed E-state index contributed by atoms with van der Waals surface area (Å²) in [5, 5.41) is 9.99. The van der Waals surface area contributed by atoms with Gasteiger partial charge in [-0.2, -0.15) is 5.10 Å². The van der Waals surface area contributed by atoms with Gasteiger partial charge in [-0.3, -0.25) is 14.8 Å². The number of amides is 1. The summed E-state index contributed by atoms with van der Waals surface area (Å²) in [7, 11) is 0. The van der Waals surface area contributed by atoms with Crippen LogP contribution in [-0.2, 0) is 9.53 Å². The van der Waals surface area contributed by atoms with Crippen LogP contribution in [0.2, 0.25) is 0 Å². The molecule has 3 rings (SSSR count). The average molecular weight is 342 g/mol. The van der Waals surface area contributed by atoms with Gasteiger partial charge in [0.15, 0.2) is 0 Å². The van der Waals surface area contributed by atoms with Crippen LogP contribution in [0.15, 0.2) is 24.3 Å². The summed E-state index contributed by atoms with van der Waals surface area (Å²) >= 11 is 0. The average Bonchev–Trinajstić information content (AvgIpc) is 2.89. The largest absolute Gasteiger partial charge is 0.371 e. The number of carbonyl (C=O) groups excluding carboxylic acids is 1. The molecule has 2 N–H and O–H groups in total. The van der Waals surface area contributed by atoms with Gasteiger partial charge in [-0.25, -0.2) is 0 Å². The van der Waals surface area contributed by atoms with Gasteiger partial charge in [-0.15, -0.1) is 0 Å². The van der Waals surface area contributed by atoms with Gasteiger partial charge in [-0.05, 0) is 38.8 Å². The summed E-state index contributed by atoms with van der Waals surface area (Å²) in [6.45, 7) is 9.65. The normalized spacial score (nSPS) is 21.3. The van der Waals surface area contributed by atoms with Crippen molar-refractivity contribution in [1.29, 1.82) is 0 Å². The third-order valence-corrected chi connectivity index (χ3v) is 4.84. The van der Waals surface area contributed by atoms with Gasteiger partial charge >= 0.3 is 0 Å². The molecular formula is C19H26N4O2. The van der Waals surface area contributed by atoms with Gasteiger partial charge in [0.1, 0.15) is 0 Å². The van der Waals surface area contributed by atoms with Crippen molar-refractivity contribution in [2.45, 2.75) is 39.8 Å². The fraction of sp³-hybridized carbons (Fsp3) is 0.474. The highest BCUT2D eigenvalue weighted by molar-refractivity contribution is 5.93. The Bertz CT molecular complexity index is 736. The SMILES string of the molecule is Cc1ccccc1[C@@H]1CN(CC(=O)Nc2c(C)n[nH]c2C)[C@@H](C)CO1. The van der Waals surface area contributed by atoms with Gasteiger partial charge in [-0.1, -0.05) is 24.3 Å². The third kappa shape index (κ3) is 3.91. The minimum absolute atomic E-state index is 0.00241. The molecule has 0 radical (unpaired) electrons. The zero-order valence-electron chi connectivity index (χ0n) is 15.3. The van der Waals surface area contributed by atoms with Crippen molar-refractivity contribution in [1.82, 2.24) is 15.1 Å². The number of aromatic nitrogens is 2. The number of hydrogen-bond donors (Lipinski definition) is 2. The molecule has 0 unspecified atom stereocenters. The van der Waals surface area contributed by atoms with Crippen molar-refractivity contribution in [3.8, 4) is 0 Å². The van der Waals surface area contributed by atoms with Gasteiger partial charge in [0.25, 0.3) is 0 Å². The lowest BCUT2D eigenvalue weighted by Crippen LogP contribution is -2.48. The van der Waals surface area contributed by atoms with Crippen LogP contribution in [0.3, 0.4) is 0 Å². The lowest BCUT2D eigenvalue weighted by molar-refractivity contribution is -0.121. The molecule has 2 heterocycles. The van der Waals surface area contributed by atoms with Crippen molar-refractivity contribution >= 4 is 11.6 Å². The topological polar surface area (TPSA) is 70.2 Å². The highest BCUT2D eigenvalue weighted by Gasteiger charge is 2.29. The number of ether oxygens (including phenoxy) is 1. The maximum atomic E-state index is 12.5. The summed E-state index contributed by atoms with van der Waals surface area (Å²) in [6, 6.07) is 8.47. The zero-order chi connectivity index (χ0) is 18.0. The summed E-state index contributed by atoms with van der Waals surface area (Å²) in [6.07, 6.45) is 0.00241. The Balaban J connectivity index is 1.66. The minimum Gasteiger partial charge on any atom is -0.371 e. The van der Waals surface area contributed by atoms with Crippen molar-refractivity contribution in [3.05, 3.63) is 46.8 Å². The monoisotopic (exact) mass is 342 g/mol. The van der Waals surface area contributed by atoms with E-state index in [0.717, 1.165) is 17.1 Å². The number of aromatic amines is 1. The summed E-state index contributed by atoms with van der Waals surface area (Å²) < 4.78 is 6.02. The maximum absolute atomic E-state index is 12.5. The molecule has 0 bridgehead atoms. The van der Waals surface area contributed by atoms with Crippen LogP contribution in [0, 0.1) is 20.8 Å². The molecule has 0 spiro atoms. The van der Waals surface area contributed by atoms with Crippen molar-refractivity contribution in [2.75, 3.05) is 25.0 Å². The van der Waals surface area contributed by atoms with Crippen LogP contribution < -0.4 is 5.32 Å². The summed E-state index contributed by atoms with van der Waals surface area (Å²) in [5.41, 5.74) is 4.87. The van der Waals surface area contributed by atoms with Crippen molar-refractivity contribution in [3.63, 3.8) is 0 Å². The molecular weight excluding hydrogens is 316 g/mol. The van der Waals surface area contributed by atoms with Crippen LogP contribution in [0.4, 0.5) is 5.69 Å². The molecule has 2 atom stereocenters. The van der Waals surface area contributed by atoms with E-state index in [-0.39, 0.29) is 18.1 Å². The van der Waals surface area contributed by atoms with Gasteiger partial charge in [0.2, 0.25) is 5.91 Å². The summed E-state index contributed by atoms with van der Waals surface area (Å²) in [4.78, 5) is 14.7. The quantitative estimate of drug-likeness (QED) is 0.896. The molecule has 0 saturated carbocycles. The van der Waals surface area contributed by atoms with E-state index in [2.05, 4.69) is 46.4 Å². The predicted octanol–water partition coefficient (Wildman–Crippen LogP) is 2.74. The molecule has 1 amide bonds. The lowest BCUT2D eigenvalue weighted by atomic mass is 10.0. The Kier molecular flexibility index (Phi) is 5.20. The number of rotatable bonds is 4. The number of nitrogens with one attached hydrogen (secondary N) is 2. The fourth-order valence-electron chi connectivity index (χ4n) is 3.26. The molecule has 1 aliphatic heterocycles. The maximum Gasteiger partial charge on any atom is 0.238 e. The first-order valence-corrected chi connectivity index (χ1v) is 8.68. The van der Waals surface area contributed by atoms with E-state index in [1.54, 1.807) is 0 Å². The molecule has 134 valence electrons. The zero-order valence-corrected chi connectivity index (χ0v) is 15.3. The van der Waals surface area contributed by atoms with Crippen LogP contribution in [-0.4, -0.2) is 46.7 Å². The Hall–Kier alpha value is -2.18. The van der Waals surface area contributed by atoms with Gasteiger partial charge < -0.3 is 10.1 Å². The Morgan fingerprint density at radius 1 is 1.36 bits per heavy atom. The van der Waals surface area contributed by atoms with Crippen LogP contribution in [0.25, 0.3) is 0 Å². The van der Waals surface area contributed by atoms with E-state index in [1.165, 1.54) is 11.1 Å². The molecule has 1 saturated heterocycles. The molecule has 6 heteroatoms. The molecule has 1 aromatic carbocycles. The van der Waals surface area contributed by atoms with Crippen LogP contribution >= 0.6 is 0 Å². The Morgan fingerprint density at radius 2 is 2.12 bits per heavy atom. The Morgan fingerprint density at radius 3 is 2.80 bits per heavy atom. The first-order valence-electron chi connectivity index (χ1n) is 8.68. The molecule has 1 fully saturated rings. The first-order chi connectivity index (χ1) is 12.0. The van der Waals surface area contributed by atoms with E-state index < -0.39 is 0 Å². The van der Waals surface area contributed by atoms with Gasteiger partial charge in [0, 0.05) is 12.6 Å². The van der Waals surface area contributed by atoms with Crippen LogP contribution in [0.5, 0.6) is 0 Å². The number of hydrogen-bond acceptors (Lipinski definition) is 4. The highest BCUT2D eigenvalue weighted by atomic mass is 16.5. The third-order valence-electron chi connectivity index (χ3n) is 4.84. The molecule has 0 aliphatic carbocycles. The molecule has 25 heavy (non-hydrogen) atoms. The number of anilines is 1. The first kappa shape index (κ1) is 17.6. The lowest BCUT2D eigenvalue weighted by Gasteiger charge is -2.38. The number of carbonyl (C=O) groups is 1. The van der Waals surface area contributed by atoms with E-state index in [1.807, 2.05) is 26.0 Å². The second-order valence-corrected chi connectivity index (χ2v) is 6.81. The second-order valence-electron chi connectivity index (χ2n) is 6.81. The second kappa shape index (κ2) is 7.37. The fourth-order valence-corrected chi connectivity index (χ4v) is 3.26. The molecule has 2 aromatic rings. The molecule has 1 aliphatic rings. The van der Waals surface area contributed by atoms with E-state index >= 15 is 0 Å². The number of H-pyrrole nitrogens is 1. The highest BCUT2D eigenvalue weighted by Crippen LogP contribution is 2.27. The number of benzene rings is 1. The molecule has 1 aromatic heterocycles. The summed E-state index contributed by atoms with van der Waals surface area (Å²) in [5.74, 6) is -0.0233. The predicted molar refractivity (Wildman–Crippen MR) is 97.6 cm³/mol. The number of nitrogens with zero attached hydrogens (tertiary/aromatic N) is 2. The van der Waals surface area contributed by atoms with E-state index in [9.17, 15) is 4.79 Å². The smallest absolute Gasteiger partial charge is 0.238 e. The number of aryl methyl sites for hydroxylation is 3. The minimum atomic E-state index is -0.0233. The Labute approximate surface area is 148 Å². The van der Waals surface area contributed by atoms with Crippen LogP contribution in [0.1, 0.15) is 35.5 Å². The van der Waals surface area contributed by atoms with Gasteiger partial charge in [0.05, 0.1) is 36.3 Å². The molecule has 6 nitrogen and oxygen atoms in total.